The minimum atomic E-state index is -4.44. The van der Waals surface area contributed by atoms with Gasteiger partial charge in [-0.25, -0.2) is 9.97 Å². The first-order valence-electron chi connectivity index (χ1n) is 13.0. The Morgan fingerprint density at radius 1 is 1.13 bits per heavy atom. The van der Waals surface area contributed by atoms with Crippen molar-refractivity contribution in [3.63, 3.8) is 0 Å². The molecule has 9 nitrogen and oxygen atoms in total. The standard InChI is InChI=1S/C27H29F3N6O3/c1-3-6-21(37)39-16-36-24(32-22-25(36)33-23(18-9-10-18)35(11-4-2)26(22)38)19-13-31-34(15-19)14-17-7-5-8-20(12-17)27(28,29)30/h5,7-8,12-13,15,18H,3-4,6,9-11,14,16H2,1-2H3. The van der Waals surface area contributed by atoms with Crippen molar-refractivity contribution in [1.29, 1.82) is 0 Å². The Morgan fingerprint density at radius 2 is 1.92 bits per heavy atom. The van der Waals surface area contributed by atoms with Crippen LogP contribution in [0.3, 0.4) is 0 Å². The molecule has 3 aromatic heterocycles. The number of carbonyl (C=O) groups is 1. The molecule has 12 heteroatoms. The molecule has 0 radical (unpaired) electrons. The molecule has 0 aliphatic heterocycles. The Bertz CT molecular complexity index is 1570. The molecule has 0 spiro atoms. The highest BCUT2D eigenvalue weighted by Gasteiger charge is 2.32. The van der Waals surface area contributed by atoms with Gasteiger partial charge in [0.15, 0.2) is 17.9 Å². The molecule has 206 valence electrons. The predicted octanol–water partition coefficient (Wildman–Crippen LogP) is 5.11. The van der Waals surface area contributed by atoms with Gasteiger partial charge < -0.3 is 4.74 Å². The van der Waals surface area contributed by atoms with Crippen LogP contribution in [-0.2, 0) is 35.5 Å². The highest BCUT2D eigenvalue weighted by Crippen LogP contribution is 2.39. The van der Waals surface area contributed by atoms with Crippen LogP contribution >= 0.6 is 0 Å². The zero-order chi connectivity index (χ0) is 27.7. The number of carbonyl (C=O) groups excluding carboxylic acids is 1. The van der Waals surface area contributed by atoms with Crippen molar-refractivity contribution < 1.29 is 22.7 Å². The average molecular weight is 543 g/mol. The average Bonchev–Trinajstić information content (AvgIpc) is 3.53. The number of aromatic nitrogens is 6. The fraction of sp³-hybridized carbons (Fsp3) is 0.444. The van der Waals surface area contributed by atoms with Crippen LogP contribution in [0.1, 0.15) is 68.8 Å². The van der Waals surface area contributed by atoms with E-state index >= 15 is 0 Å². The van der Waals surface area contributed by atoms with Crippen molar-refractivity contribution in [2.75, 3.05) is 0 Å². The third kappa shape index (κ3) is 5.59. The maximum Gasteiger partial charge on any atom is 0.416 e. The Balaban J connectivity index is 1.55. The Kier molecular flexibility index (Phi) is 7.28. The molecule has 0 unspecified atom stereocenters. The smallest absolute Gasteiger partial charge is 0.416 e. The van der Waals surface area contributed by atoms with Crippen molar-refractivity contribution in [1.82, 2.24) is 28.9 Å². The van der Waals surface area contributed by atoms with Crippen molar-refractivity contribution in [2.24, 2.45) is 0 Å². The zero-order valence-electron chi connectivity index (χ0n) is 21.7. The van der Waals surface area contributed by atoms with Gasteiger partial charge in [-0.05, 0) is 43.4 Å². The van der Waals surface area contributed by atoms with Gasteiger partial charge in [0.1, 0.15) is 11.6 Å². The minimum Gasteiger partial charge on any atom is -0.444 e. The van der Waals surface area contributed by atoms with E-state index in [2.05, 4.69) is 10.1 Å². The fourth-order valence-electron chi connectivity index (χ4n) is 4.55. The second-order valence-electron chi connectivity index (χ2n) is 9.76. The van der Waals surface area contributed by atoms with Gasteiger partial charge in [-0.15, -0.1) is 0 Å². The van der Waals surface area contributed by atoms with Gasteiger partial charge in [-0.3, -0.25) is 23.4 Å². The first-order valence-corrected chi connectivity index (χ1v) is 13.0. The van der Waals surface area contributed by atoms with Gasteiger partial charge in [0.05, 0.1) is 23.9 Å². The van der Waals surface area contributed by atoms with Crippen molar-refractivity contribution in [3.05, 3.63) is 64.0 Å². The molecule has 1 fully saturated rings. The van der Waals surface area contributed by atoms with E-state index in [0.29, 0.717) is 41.4 Å². The highest BCUT2D eigenvalue weighted by molar-refractivity contribution is 5.76. The van der Waals surface area contributed by atoms with Gasteiger partial charge in [0.25, 0.3) is 5.56 Å². The van der Waals surface area contributed by atoms with Gasteiger partial charge in [-0.1, -0.05) is 26.0 Å². The molecule has 3 heterocycles. The van der Waals surface area contributed by atoms with Crippen molar-refractivity contribution in [2.45, 2.75) is 77.9 Å². The second kappa shape index (κ2) is 10.7. The number of rotatable bonds is 10. The number of benzene rings is 1. The van der Waals surface area contributed by atoms with Gasteiger partial charge >= 0.3 is 12.1 Å². The molecule has 0 bridgehead atoms. The largest absolute Gasteiger partial charge is 0.444 e. The summed E-state index contributed by atoms with van der Waals surface area (Å²) in [6, 6.07) is 5.06. The van der Waals surface area contributed by atoms with Crippen LogP contribution < -0.4 is 5.56 Å². The van der Waals surface area contributed by atoms with Crippen LogP contribution in [-0.4, -0.2) is 34.9 Å². The number of alkyl halides is 3. The molecule has 1 aliphatic rings. The number of fused-ring (bicyclic) bond motifs is 1. The molecule has 39 heavy (non-hydrogen) atoms. The molecule has 1 saturated carbocycles. The lowest BCUT2D eigenvalue weighted by Crippen LogP contribution is -2.25. The van der Waals surface area contributed by atoms with E-state index in [-0.39, 0.29) is 42.7 Å². The molecule has 5 rings (SSSR count). The van der Waals surface area contributed by atoms with E-state index in [1.165, 1.54) is 16.9 Å². The number of hydrogen-bond donors (Lipinski definition) is 0. The summed E-state index contributed by atoms with van der Waals surface area (Å²) in [4.78, 5) is 35.1. The van der Waals surface area contributed by atoms with Crippen LogP contribution in [0.2, 0.25) is 0 Å². The summed E-state index contributed by atoms with van der Waals surface area (Å²) in [7, 11) is 0. The van der Waals surface area contributed by atoms with Crippen molar-refractivity contribution in [3.8, 4) is 11.4 Å². The number of nitrogens with zero attached hydrogens (tertiary/aromatic N) is 6. The number of halogens is 3. The van der Waals surface area contributed by atoms with Crippen LogP contribution in [0.5, 0.6) is 0 Å². The predicted molar refractivity (Wildman–Crippen MR) is 137 cm³/mol. The first-order chi connectivity index (χ1) is 18.7. The molecule has 0 atom stereocenters. The zero-order valence-corrected chi connectivity index (χ0v) is 21.7. The summed E-state index contributed by atoms with van der Waals surface area (Å²) in [5.41, 5.74) is 0.462. The maximum atomic E-state index is 13.5. The maximum absolute atomic E-state index is 13.5. The van der Waals surface area contributed by atoms with E-state index in [1.807, 2.05) is 13.8 Å². The van der Waals surface area contributed by atoms with Gasteiger partial charge in [-0.2, -0.15) is 18.3 Å². The molecule has 1 aromatic carbocycles. The molecule has 0 saturated heterocycles. The third-order valence-corrected chi connectivity index (χ3v) is 6.57. The summed E-state index contributed by atoms with van der Waals surface area (Å²) in [5.74, 6) is 0.873. The van der Waals surface area contributed by atoms with Crippen molar-refractivity contribution >= 4 is 17.1 Å². The lowest BCUT2D eigenvalue weighted by Gasteiger charge is -2.12. The molecular weight excluding hydrogens is 513 g/mol. The number of esters is 1. The summed E-state index contributed by atoms with van der Waals surface area (Å²) in [5, 5.41) is 4.31. The summed E-state index contributed by atoms with van der Waals surface area (Å²) in [6.07, 6.45) is 2.27. The lowest BCUT2D eigenvalue weighted by atomic mass is 10.1. The Morgan fingerprint density at radius 3 is 2.62 bits per heavy atom. The van der Waals surface area contributed by atoms with E-state index in [1.54, 1.807) is 21.4 Å². The quantitative estimate of drug-likeness (QED) is 0.258. The van der Waals surface area contributed by atoms with Crippen LogP contribution in [0.15, 0.2) is 41.5 Å². The molecule has 0 amide bonds. The fourth-order valence-corrected chi connectivity index (χ4v) is 4.55. The summed E-state index contributed by atoms with van der Waals surface area (Å²) < 4.78 is 49.7. The van der Waals surface area contributed by atoms with E-state index < -0.39 is 11.7 Å². The van der Waals surface area contributed by atoms with E-state index in [0.717, 1.165) is 31.4 Å². The topological polar surface area (TPSA) is 96.8 Å². The Hall–Kier alpha value is -3.96. The minimum absolute atomic E-state index is 0.100. The van der Waals surface area contributed by atoms with Crippen LogP contribution in [0, 0.1) is 0 Å². The SMILES string of the molecule is CCCC(=O)OCn1c(-c2cnn(Cc3cccc(C(F)(F)F)c3)c2)nc2c(=O)n(CCC)c(C3CC3)nc21. The summed E-state index contributed by atoms with van der Waals surface area (Å²) >= 11 is 0. The van der Waals surface area contributed by atoms with Gasteiger partial charge in [0, 0.05) is 25.1 Å². The molecule has 0 N–H and O–H groups in total. The molecular formula is C27H29F3N6O3. The number of hydrogen-bond acceptors (Lipinski definition) is 6. The third-order valence-electron chi connectivity index (χ3n) is 6.57. The Labute approximate surface area is 222 Å². The van der Waals surface area contributed by atoms with Crippen LogP contribution in [0.25, 0.3) is 22.6 Å². The highest BCUT2D eigenvalue weighted by atomic mass is 19.4. The normalized spacial score (nSPS) is 13.8. The van der Waals surface area contributed by atoms with E-state index in [4.69, 9.17) is 9.72 Å². The second-order valence-corrected chi connectivity index (χ2v) is 9.76. The van der Waals surface area contributed by atoms with Gasteiger partial charge in [0.2, 0.25) is 0 Å². The van der Waals surface area contributed by atoms with Crippen LogP contribution in [0.4, 0.5) is 13.2 Å². The van der Waals surface area contributed by atoms with E-state index in [9.17, 15) is 22.8 Å². The monoisotopic (exact) mass is 542 g/mol. The lowest BCUT2D eigenvalue weighted by molar-refractivity contribution is -0.147. The molecule has 4 aromatic rings. The number of imidazole rings is 1. The summed E-state index contributed by atoms with van der Waals surface area (Å²) in [6.45, 7) is 4.30. The number of ether oxygens (including phenoxy) is 1. The first kappa shape index (κ1) is 26.6. The molecule has 1 aliphatic carbocycles.